The number of aromatic nitrogens is 2. The number of carbonyl (C=O) groups is 2. The van der Waals surface area contributed by atoms with E-state index < -0.39 is 11.6 Å². The van der Waals surface area contributed by atoms with Crippen LogP contribution >= 0.6 is 0 Å². The zero-order valence-corrected chi connectivity index (χ0v) is 21.1. The van der Waals surface area contributed by atoms with Crippen LogP contribution in [0.4, 0.5) is 4.39 Å². The van der Waals surface area contributed by atoms with Gasteiger partial charge < -0.3 is 15.0 Å². The van der Waals surface area contributed by atoms with Crippen LogP contribution < -0.4 is 15.4 Å². The van der Waals surface area contributed by atoms with Gasteiger partial charge in [0.1, 0.15) is 5.67 Å². The fraction of sp³-hybridized carbons (Fsp3) is 0.556. The van der Waals surface area contributed by atoms with Gasteiger partial charge in [-0.15, -0.1) is 0 Å². The normalized spacial score (nSPS) is 19.6. The monoisotopic (exact) mass is 497 g/mol. The Kier molecular flexibility index (Phi) is 8.64. The van der Waals surface area contributed by atoms with Gasteiger partial charge in [0, 0.05) is 17.7 Å². The van der Waals surface area contributed by atoms with Gasteiger partial charge in [-0.05, 0) is 77.2 Å². The number of nitrogens with zero attached hydrogens (tertiary/aromatic N) is 3. The van der Waals surface area contributed by atoms with Crippen LogP contribution in [0, 0.1) is 5.92 Å². The van der Waals surface area contributed by atoms with Crippen molar-refractivity contribution in [2.24, 2.45) is 5.92 Å². The summed E-state index contributed by atoms with van der Waals surface area (Å²) in [6.07, 6.45) is 7.98. The topological polar surface area (TPSA) is 96.5 Å². The fourth-order valence-electron chi connectivity index (χ4n) is 4.73. The number of imide groups is 1. The second kappa shape index (κ2) is 11.9. The highest BCUT2D eigenvalue weighted by Crippen LogP contribution is 2.22. The standard InChI is InChI=1S/C27H36FN5O3/c1-27(2,28)18-33-13-10-19(11-14-33)17-36-24-16-30-23(15-31-24)20-6-8-21(9-7-20)25(34)32-26(35)22-5-3-4-12-29-22/h6-9,15-16,19,22,29H,3-5,10-14,17-18H2,1-2H3,(H,32,34,35)/t22-/m1/s1. The average molecular weight is 498 g/mol. The molecule has 2 aliphatic rings. The number of nitrogens with one attached hydrogen (secondary N) is 2. The first kappa shape index (κ1) is 26.2. The van der Waals surface area contributed by atoms with Gasteiger partial charge in [0.2, 0.25) is 11.8 Å². The molecule has 3 heterocycles. The quantitative estimate of drug-likeness (QED) is 0.540. The Morgan fingerprint density at radius 1 is 1.11 bits per heavy atom. The van der Waals surface area contributed by atoms with Crippen LogP contribution in [-0.2, 0) is 4.79 Å². The van der Waals surface area contributed by atoms with Crippen molar-refractivity contribution in [2.45, 2.75) is 57.7 Å². The summed E-state index contributed by atoms with van der Waals surface area (Å²) in [5, 5.41) is 5.62. The van der Waals surface area contributed by atoms with Crippen LogP contribution in [0.2, 0.25) is 0 Å². The van der Waals surface area contributed by atoms with Crippen molar-refractivity contribution in [3.63, 3.8) is 0 Å². The molecule has 1 aromatic heterocycles. The van der Waals surface area contributed by atoms with Crippen molar-refractivity contribution in [1.29, 1.82) is 0 Å². The molecular weight excluding hydrogens is 461 g/mol. The SMILES string of the molecule is CC(C)(F)CN1CCC(COc2cnc(-c3ccc(C(=O)NC(=O)[C@H]4CCCCN4)cc3)cn2)CC1. The lowest BCUT2D eigenvalue weighted by atomic mass is 9.97. The van der Waals surface area contributed by atoms with E-state index in [1.165, 1.54) is 0 Å². The summed E-state index contributed by atoms with van der Waals surface area (Å²) in [6.45, 7) is 6.83. The van der Waals surface area contributed by atoms with Crippen LogP contribution in [0.25, 0.3) is 11.3 Å². The number of alkyl halides is 1. The molecule has 36 heavy (non-hydrogen) atoms. The van der Waals surface area contributed by atoms with Crippen LogP contribution in [0.5, 0.6) is 5.88 Å². The zero-order valence-electron chi connectivity index (χ0n) is 21.1. The van der Waals surface area contributed by atoms with E-state index in [0.717, 1.165) is 57.3 Å². The van der Waals surface area contributed by atoms with Crippen molar-refractivity contribution in [3.8, 4) is 17.1 Å². The Balaban J connectivity index is 1.24. The number of ether oxygens (including phenoxy) is 1. The molecule has 1 aromatic carbocycles. The van der Waals surface area contributed by atoms with Gasteiger partial charge in [0.25, 0.3) is 5.91 Å². The third-order valence-corrected chi connectivity index (χ3v) is 6.71. The van der Waals surface area contributed by atoms with E-state index >= 15 is 0 Å². The second-order valence-electron chi connectivity index (χ2n) is 10.4. The van der Waals surface area contributed by atoms with Crippen molar-refractivity contribution in [3.05, 3.63) is 42.2 Å². The summed E-state index contributed by atoms with van der Waals surface area (Å²) >= 11 is 0. The van der Waals surface area contributed by atoms with Crippen LogP contribution in [0.1, 0.15) is 56.3 Å². The van der Waals surface area contributed by atoms with Gasteiger partial charge in [0.15, 0.2) is 0 Å². The molecule has 194 valence electrons. The van der Waals surface area contributed by atoms with E-state index in [1.807, 2.05) is 0 Å². The van der Waals surface area contributed by atoms with Gasteiger partial charge in [-0.25, -0.2) is 14.4 Å². The van der Waals surface area contributed by atoms with Gasteiger partial charge in [-0.3, -0.25) is 14.9 Å². The number of hydrogen-bond acceptors (Lipinski definition) is 7. The number of halogens is 1. The van der Waals surface area contributed by atoms with Crippen LogP contribution in [0.3, 0.4) is 0 Å². The summed E-state index contributed by atoms with van der Waals surface area (Å²) in [4.78, 5) is 35.7. The highest BCUT2D eigenvalue weighted by molar-refractivity contribution is 6.06. The lowest BCUT2D eigenvalue weighted by Gasteiger charge is -2.34. The number of likely N-dealkylation sites (tertiary alicyclic amines) is 1. The second-order valence-corrected chi connectivity index (χ2v) is 10.4. The maximum absolute atomic E-state index is 13.8. The van der Waals surface area contributed by atoms with Gasteiger partial charge >= 0.3 is 0 Å². The van der Waals surface area contributed by atoms with E-state index in [9.17, 15) is 14.0 Å². The fourth-order valence-corrected chi connectivity index (χ4v) is 4.73. The summed E-state index contributed by atoms with van der Waals surface area (Å²) < 4.78 is 19.7. The third-order valence-electron chi connectivity index (χ3n) is 6.71. The van der Waals surface area contributed by atoms with Crippen molar-refractivity contribution in [1.82, 2.24) is 25.5 Å². The maximum Gasteiger partial charge on any atom is 0.257 e. The Bertz CT molecular complexity index is 1010. The maximum atomic E-state index is 13.8. The number of hydrogen-bond donors (Lipinski definition) is 2. The number of benzene rings is 1. The molecule has 0 bridgehead atoms. The number of amides is 2. The van der Waals surface area contributed by atoms with E-state index in [-0.39, 0.29) is 11.9 Å². The van der Waals surface area contributed by atoms with Crippen LogP contribution in [-0.4, -0.2) is 71.2 Å². The molecule has 0 aliphatic carbocycles. The smallest absolute Gasteiger partial charge is 0.257 e. The number of rotatable bonds is 8. The zero-order chi connectivity index (χ0) is 25.5. The van der Waals surface area contributed by atoms with E-state index in [0.29, 0.717) is 36.2 Å². The summed E-state index contributed by atoms with van der Waals surface area (Å²) in [7, 11) is 0. The molecule has 4 rings (SSSR count). The van der Waals surface area contributed by atoms with E-state index in [1.54, 1.807) is 50.5 Å². The first-order valence-corrected chi connectivity index (χ1v) is 12.8. The predicted octanol–water partition coefficient (Wildman–Crippen LogP) is 3.38. The molecule has 2 N–H and O–H groups in total. The lowest BCUT2D eigenvalue weighted by Crippen LogP contribution is -2.48. The molecule has 0 unspecified atom stereocenters. The molecule has 9 heteroatoms. The van der Waals surface area contributed by atoms with Crippen molar-refractivity contribution >= 4 is 11.8 Å². The van der Waals surface area contributed by atoms with E-state index in [2.05, 4.69) is 25.5 Å². The van der Waals surface area contributed by atoms with Gasteiger partial charge in [-0.1, -0.05) is 18.6 Å². The molecule has 0 radical (unpaired) electrons. The van der Waals surface area contributed by atoms with Crippen LogP contribution in [0.15, 0.2) is 36.7 Å². The van der Waals surface area contributed by atoms with Crippen molar-refractivity contribution in [2.75, 3.05) is 32.8 Å². The molecule has 2 amide bonds. The number of carbonyl (C=O) groups excluding carboxylic acids is 2. The lowest BCUT2D eigenvalue weighted by molar-refractivity contribution is -0.122. The highest BCUT2D eigenvalue weighted by atomic mass is 19.1. The largest absolute Gasteiger partial charge is 0.476 e. The Morgan fingerprint density at radius 3 is 2.47 bits per heavy atom. The molecule has 2 aromatic rings. The summed E-state index contributed by atoms with van der Waals surface area (Å²) in [6, 6.07) is 6.62. The van der Waals surface area contributed by atoms with Gasteiger partial charge in [-0.2, -0.15) is 0 Å². The third kappa shape index (κ3) is 7.54. The highest BCUT2D eigenvalue weighted by Gasteiger charge is 2.26. The summed E-state index contributed by atoms with van der Waals surface area (Å²) in [5.41, 5.74) is 0.725. The molecule has 8 nitrogen and oxygen atoms in total. The van der Waals surface area contributed by atoms with Crippen molar-refractivity contribution < 1.29 is 18.7 Å². The average Bonchev–Trinajstić information content (AvgIpc) is 2.88. The first-order chi connectivity index (χ1) is 17.3. The number of piperidine rings is 2. The Labute approximate surface area is 212 Å². The molecule has 1 atom stereocenters. The molecular formula is C27H36FN5O3. The molecule has 0 spiro atoms. The minimum absolute atomic E-state index is 0.278. The van der Waals surface area contributed by atoms with Gasteiger partial charge in [0.05, 0.1) is 30.7 Å². The molecule has 2 fully saturated rings. The summed E-state index contributed by atoms with van der Waals surface area (Å²) in [5.74, 6) is 0.203. The Morgan fingerprint density at radius 2 is 1.86 bits per heavy atom. The minimum atomic E-state index is -1.17. The minimum Gasteiger partial charge on any atom is -0.476 e. The Hall–Kier alpha value is -2.91. The predicted molar refractivity (Wildman–Crippen MR) is 135 cm³/mol. The molecule has 2 aliphatic heterocycles. The van der Waals surface area contributed by atoms with E-state index in [4.69, 9.17) is 4.74 Å². The first-order valence-electron chi connectivity index (χ1n) is 12.8. The molecule has 2 saturated heterocycles. The molecule has 0 saturated carbocycles.